The molecule has 1 fully saturated rings. The summed E-state index contributed by atoms with van der Waals surface area (Å²) in [7, 11) is 1.94. The Hall–Kier alpha value is -0.680. The van der Waals surface area contributed by atoms with Crippen molar-refractivity contribution in [2.45, 2.75) is 32.1 Å². The van der Waals surface area contributed by atoms with Gasteiger partial charge in [-0.1, -0.05) is 25.1 Å². The van der Waals surface area contributed by atoms with E-state index < -0.39 is 0 Å². The monoisotopic (exact) mass is 257 g/mol. The van der Waals surface area contributed by atoms with Crippen molar-refractivity contribution in [3.63, 3.8) is 0 Å². The molecule has 17 heavy (non-hydrogen) atoms. The SMILES string of the molecule is CN(CCC(N)=S)CC(=O)N1CCCCCC1. The highest BCUT2D eigenvalue weighted by Crippen LogP contribution is 2.09. The topological polar surface area (TPSA) is 49.6 Å². The third-order valence-electron chi connectivity index (χ3n) is 3.10. The zero-order chi connectivity index (χ0) is 12.7. The van der Waals surface area contributed by atoms with E-state index in [-0.39, 0.29) is 5.91 Å². The number of hydrogen-bond donors (Lipinski definition) is 1. The molecule has 0 spiro atoms. The van der Waals surface area contributed by atoms with Crippen molar-refractivity contribution < 1.29 is 4.79 Å². The number of likely N-dealkylation sites (N-methyl/N-ethyl adjacent to an activating group) is 1. The van der Waals surface area contributed by atoms with Crippen molar-refractivity contribution >= 4 is 23.1 Å². The Labute approximate surface area is 109 Å². The molecule has 1 aliphatic heterocycles. The lowest BCUT2D eigenvalue weighted by Gasteiger charge is -2.23. The number of carbonyl (C=O) groups excluding carboxylic acids is 1. The number of nitrogens with zero attached hydrogens (tertiary/aromatic N) is 2. The molecule has 2 N–H and O–H groups in total. The fourth-order valence-electron chi connectivity index (χ4n) is 2.03. The summed E-state index contributed by atoms with van der Waals surface area (Å²) in [5, 5.41) is 0. The molecule has 98 valence electrons. The standard InChI is InChI=1S/C12H23N3OS/c1-14(9-6-11(13)17)10-12(16)15-7-4-2-3-5-8-15/h2-10H2,1H3,(H2,13,17). The highest BCUT2D eigenvalue weighted by Gasteiger charge is 2.16. The lowest BCUT2D eigenvalue weighted by Crippen LogP contribution is -2.40. The number of thiocarbonyl (C=S) groups is 1. The normalized spacial score (nSPS) is 16.9. The minimum Gasteiger partial charge on any atom is -0.393 e. The molecule has 1 rings (SSSR count). The minimum atomic E-state index is 0.234. The number of amides is 1. The van der Waals surface area contributed by atoms with Gasteiger partial charge in [0.2, 0.25) is 5.91 Å². The van der Waals surface area contributed by atoms with Crippen molar-refractivity contribution in [2.75, 3.05) is 33.2 Å². The maximum atomic E-state index is 12.0. The van der Waals surface area contributed by atoms with Gasteiger partial charge in [0.1, 0.15) is 0 Å². The van der Waals surface area contributed by atoms with E-state index in [0.717, 1.165) is 32.5 Å². The van der Waals surface area contributed by atoms with Crippen LogP contribution in [0.3, 0.4) is 0 Å². The fraction of sp³-hybridized carbons (Fsp3) is 0.833. The fourth-order valence-corrected chi connectivity index (χ4v) is 2.12. The zero-order valence-electron chi connectivity index (χ0n) is 10.7. The average molecular weight is 257 g/mol. The van der Waals surface area contributed by atoms with Gasteiger partial charge in [0.25, 0.3) is 0 Å². The summed E-state index contributed by atoms with van der Waals surface area (Å²) < 4.78 is 0. The third-order valence-corrected chi connectivity index (χ3v) is 3.31. The van der Waals surface area contributed by atoms with Crippen LogP contribution in [0.1, 0.15) is 32.1 Å². The first kappa shape index (κ1) is 14.4. The summed E-state index contributed by atoms with van der Waals surface area (Å²) >= 11 is 4.83. The van der Waals surface area contributed by atoms with Crippen LogP contribution in [-0.4, -0.2) is 53.9 Å². The molecule has 0 aromatic heterocycles. The van der Waals surface area contributed by atoms with E-state index in [4.69, 9.17) is 18.0 Å². The molecule has 0 aromatic rings. The molecule has 1 saturated heterocycles. The van der Waals surface area contributed by atoms with Gasteiger partial charge < -0.3 is 10.6 Å². The molecule has 0 radical (unpaired) electrons. The van der Waals surface area contributed by atoms with Crippen LogP contribution in [0.25, 0.3) is 0 Å². The van der Waals surface area contributed by atoms with Gasteiger partial charge in [0.05, 0.1) is 11.5 Å². The van der Waals surface area contributed by atoms with Crippen molar-refractivity contribution in [1.82, 2.24) is 9.80 Å². The predicted octanol–water partition coefficient (Wildman–Crippen LogP) is 0.997. The number of hydrogen-bond acceptors (Lipinski definition) is 3. The van der Waals surface area contributed by atoms with E-state index in [0.29, 0.717) is 18.0 Å². The van der Waals surface area contributed by atoms with Crippen LogP contribution in [0.4, 0.5) is 0 Å². The molecular weight excluding hydrogens is 234 g/mol. The summed E-state index contributed by atoms with van der Waals surface area (Å²) in [6, 6.07) is 0. The zero-order valence-corrected chi connectivity index (χ0v) is 11.5. The number of likely N-dealkylation sites (tertiary alicyclic amines) is 1. The summed E-state index contributed by atoms with van der Waals surface area (Å²) in [5.74, 6) is 0.234. The smallest absolute Gasteiger partial charge is 0.236 e. The Morgan fingerprint density at radius 2 is 1.88 bits per heavy atom. The van der Waals surface area contributed by atoms with E-state index in [9.17, 15) is 4.79 Å². The first-order chi connectivity index (χ1) is 8.09. The van der Waals surface area contributed by atoms with Crippen LogP contribution >= 0.6 is 12.2 Å². The van der Waals surface area contributed by atoms with Gasteiger partial charge in [0, 0.05) is 26.1 Å². The maximum absolute atomic E-state index is 12.0. The van der Waals surface area contributed by atoms with Gasteiger partial charge in [-0.3, -0.25) is 9.69 Å². The maximum Gasteiger partial charge on any atom is 0.236 e. The lowest BCUT2D eigenvalue weighted by atomic mass is 10.2. The van der Waals surface area contributed by atoms with E-state index >= 15 is 0 Å². The Morgan fingerprint density at radius 1 is 1.29 bits per heavy atom. The first-order valence-electron chi connectivity index (χ1n) is 6.34. The first-order valence-corrected chi connectivity index (χ1v) is 6.75. The average Bonchev–Trinajstić information content (AvgIpc) is 2.54. The van der Waals surface area contributed by atoms with Gasteiger partial charge in [0.15, 0.2) is 0 Å². The van der Waals surface area contributed by atoms with Crippen molar-refractivity contribution in [3.8, 4) is 0 Å². The number of rotatable bonds is 5. The van der Waals surface area contributed by atoms with Crippen molar-refractivity contribution in [3.05, 3.63) is 0 Å². The Balaban J connectivity index is 2.28. The molecule has 1 amide bonds. The molecule has 0 atom stereocenters. The number of carbonyl (C=O) groups is 1. The van der Waals surface area contributed by atoms with Crippen LogP contribution < -0.4 is 5.73 Å². The second-order valence-corrected chi connectivity index (χ2v) is 5.27. The minimum absolute atomic E-state index is 0.234. The van der Waals surface area contributed by atoms with E-state index in [2.05, 4.69) is 0 Å². The molecule has 0 saturated carbocycles. The molecule has 0 aliphatic carbocycles. The Morgan fingerprint density at radius 3 is 2.41 bits per heavy atom. The quantitative estimate of drug-likeness (QED) is 0.747. The Bertz CT molecular complexity index is 262. The summed E-state index contributed by atoms with van der Waals surface area (Å²) in [6.07, 6.45) is 5.46. The second-order valence-electron chi connectivity index (χ2n) is 4.75. The molecule has 1 heterocycles. The highest BCUT2D eigenvalue weighted by atomic mass is 32.1. The van der Waals surface area contributed by atoms with Crippen molar-refractivity contribution in [1.29, 1.82) is 0 Å². The molecule has 5 heteroatoms. The summed E-state index contributed by atoms with van der Waals surface area (Å²) in [5.41, 5.74) is 5.44. The van der Waals surface area contributed by atoms with E-state index in [1.165, 1.54) is 12.8 Å². The van der Waals surface area contributed by atoms with Gasteiger partial charge in [-0.2, -0.15) is 0 Å². The largest absolute Gasteiger partial charge is 0.393 e. The van der Waals surface area contributed by atoms with Gasteiger partial charge >= 0.3 is 0 Å². The van der Waals surface area contributed by atoms with Crippen LogP contribution in [0.15, 0.2) is 0 Å². The molecular formula is C12H23N3OS. The molecule has 0 unspecified atom stereocenters. The van der Waals surface area contributed by atoms with Crippen LogP contribution in [-0.2, 0) is 4.79 Å². The molecule has 1 aliphatic rings. The van der Waals surface area contributed by atoms with Crippen LogP contribution in [0.5, 0.6) is 0 Å². The van der Waals surface area contributed by atoms with Crippen molar-refractivity contribution in [2.24, 2.45) is 5.73 Å². The molecule has 4 nitrogen and oxygen atoms in total. The van der Waals surface area contributed by atoms with E-state index in [1.807, 2.05) is 16.8 Å². The predicted molar refractivity (Wildman–Crippen MR) is 73.9 cm³/mol. The lowest BCUT2D eigenvalue weighted by molar-refractivity contribution is -0.132. The molecule has 0 aromatic carbocycles. The van der Waals surface area contributed by atoms with Crippen LogP contribution in [0.2, 0.25) is 0 Å². The Kier molecular flexibility index (Phi) is 6.44. The van der Waals surface area contributed by atoms with Gasteiger partial charge in [-0.25, -0.2) is 0 Å². The summed E-state index contributed by atoms with van der Waals surface area (Å²) in [6.45, 7) is 3.07. The summed E-state index contributed by atoms with van der Waals surface area (Å²) in [4.78, 5) is 16.5. The third kappa shape index (κ3) is 5.98. The number of nitrogens with two attached hydrogens (primary N) is 1. The van der Waals surface area contributed by atoms with E-state index in [1.54, 1.807) is 0 Å². The van der Waals surface area contributed by atoms with Gasteiger partial charge in [-0.15, -0.1) is 0 Å². The molecule has 0 bridgehead atoms. The highest BCUT2D eigenvalue weighted by molar-refractivity contribution is 7.80. The van der Waals surface area contributed by atoms with Gasteiger partial charge in [-0.05, 0) is 19.9 Å². The van der Waals surface area contributed by atoms with Crippen LogP contribution in [0, 0.1) is 0 Å². The second kappa shape index (κ2) is 7.61.